The lowest BCUT2D eigenvalue weighted by Crippen LogP contribution is -2.59. The predicted octanol–water partition coefficient (Wildman–Crippen LogP) is 8.33. The number of aliphatic hydroxyl groups excluding tert-OH is 1. The Kier molecular flexibility index (Phi) is 16.8. The van der Waals surface area contributed by atoms with Gasteiger partial charge in [-0.3, -0.25) is 9.69 Å². The van der Waals surface area contributed by atoms with E-state index in [1.807, 2.05) is 139 Å². The van der Waals surface area contributed by atoms with Gasteiger partial charge in [0.15, 0.2) is 23.4 Å². The molecule has 360 valence electrons. The lowest BCUT2D eigenvalue weighted by Gasteiger charge is -2.47. The van der Waals surface area contributed by atoms with Crippen LogP contribution in [0.2, 0.25) is 0 Å². The second-order valence-corrected chi connectivity index (χ2v) is 19.2. The van der Waals surface area contributed by atoms with E-state index < -0.39 is 71.7 Å². The third-order valence-corrected chi connectivity index (χ3v) is 13.9. The van der Waals surface area contributed by atoms with Gasteiger partial charge in [0.05, 0.1) is 23.9 Å². The average Bonchev–Trinajstić information content (AvgIpc) is 3.56. The highest BCUT2D eigenvalue weighted by Crippen LogP contribution is 2.43. The molecule has 1 amide bonds. The molecule has 2 fully saturated rings. The number of hydrogen-bond donors (Lipinski definition) is 1. The molecule has 3 aromatic rings. The van der Waals surface area contributed by atoms with E-state index in [4.69, 9.17) is 33.2 Å². The molecule has 3 aliphatic heterocycles. The number of likely N-dealkylation sites (N-methyl/N-ethyl adjacent to an activating group) is 1. The summed E-state index contributed by atoms with van der Waals surface area (Å²) in [6, 6.07) is 24.5. The Labute approximate surface area is 391 Å². The molecule has 1 N–H and O–H groups in total. The summed E-state index contributed by atoms with van der Waals surface area (Å²) < 4.78 is 44.5. The number of esters is 1. The molecule has 0 aromatic heterocycles. The number of cyclic esters (lactones) is 1. The van der Waals surface area contributed by atoms with Gasteiger partial charge in [-0.1, -0.05) is 101 Å². The molecule has 0 saturated carbocycles. The van der Waals surface area contributed by atoms with E-state index in [0.29, 0.717) is 49.5 Å². The molecule has 3 aliphatic rings. The number of Topliss-reactive ketones (excluding diaryl/α,β-unsaturated/α-hetero) is 1. The first kappa shape index (κ1) is 50.6. The summed E-state index contributed by atoms with van der Waals surface area (Å²) in [5.74, 6) is -1.35. The van der Waals surface area contributed by atoms with E-state index >= 15 is 0 Å². The highest BCUT2D eigenvalue weighted by molar-refractivity contribution is 5.88. The van der Waals surface area contributed by atoms with Crippen LogP contribution in [-0.2, 0) is 52.9 Å². The fraction of sp³-hybridized carbons (Fsp3) is 0.566. The second kappa shape index (κ2) is 21.9. The molecule has 66 heavy (non-hydrogen) atoms. The molecule has 12 atom stereocenters. The van der Waals surface area contributed by atoms with E-state index in [0.717, 1.165) is 16.7 Å². The number of ether oxygens (including phenoxy) is 7. The zero-order chi connectivity index (χ0) is 47.9. The van der Waals surface area contributed by atoms with Crippen LogP contribution >= 0.6 is 0 Å². The van der Waals surface area contributed by atoms with Crippen LogP contribution in [0.5, 0.6) is 11.5 Å². The van der Waals surface area contributed by atoms with E-state index in [1.54, 1.807) is 31.9 Å². The number of methoxy groups -OCH3 is 1. The van der Waals surface area contributed by atoms with Gasteiger partial charge in [0.1, 0.15) is 31.2 Å². The summed E-state index contributed by atoms with van der Waals surface area (Å²) in [6.45, 7) is 15.7. The monoisotopic (exact) mass is 913 g/mol. The van der Waals surface area contributed by atoms with Gasteiger partial charge in [-0.15, -0.1) is 0 Å². The molecule has 0 unspecified atom stereocenters. The van der Waals surface area contributed by atoms with Crippen LogP contribution in [0.1, 0.15) is 91.3 Å². The van der Waals surface area contributed by atoms with E-state index in [9.17, 15) is 19.5 Å². The van der Waals surface area contributed by atoms with E-state index in [-0.39, 0.29) is 30.9 Å². The van der Waals surface area contributed by atoms with Gasteiger partial charge in [-0.05, 0) is 96.3 Å². The van der Waals surface area contributed by atoms with Gasteiger partial charge in [0.2, 0.25) is 0 Å². The minimum absolute atomic E-state index is 0.110. The van der Waals surface area contributed by atoms with Crippen molar-refractivity contribution >= 4 is 17.8 Å². The quantitative estimate of drug-likeness (QED) is 0.156. The van der Waals surface area contributed by atoms with Gasteiger partial charge >= 0.3 is 12.1 Å². The van der Waals surface area contributed by atoms with Crippen molar-refractivity contribution in [3.63, 3.8) is 0 Å². The van der Waals surface area contributed by atoms with Crippen LogP contribution in [0.3, 0.4) is 0 Å². The molecular weight excluding hydrogens is 841 g/mol. The molecule has 0 bridgehead atoms. The zero-order valence-electron chi connectivity index (χ0n) is 40.7. The summed E-state index contributed by atoms with van der Waals surface area (Å²) in [6.07, 6.45) is -1.08. The van der Waals surface area contributed by atoms with E-state index in [2.05, 4.69) is 0 Å². The van der Waals surface area contributed by atoms with Crippen LogP contribution in [0.15, 0.2) is 90.5 Å². The maximum Gasteiger partial charge on any atom is 0.410 e. The molecule has 6 rings (SSSR count). The lowest BCUT2D eigenvalue weighted by molar-refractivity contribution is -0.294. The number of benzene rings is 3. The minimum atomic E-state index is -1.38. The first-order valence-corrected chi connectivity index (χ1v) is 23.5. The summed E-state index contributed by atoms with van der Waals surface area (Å²) in [5.41, 5.74) is 0.747. The predicted molar refractivity (Wildman–Crippen MR) is 251 cm³/mol. The maximum absolute atomic E-state index is 15.0. The van der Waals surface area contributed by atoms with Crippen LogP contribution in [0, 0.1) is 17.8 Å². The fourth-order valence-corrected chi connectivity index (χ4v) is 10.3. The highest BCUT2D eigenvalue weighted by atomic mass is 16.7. The van der Waals surface area contributed by atoms with Crippen LogP contribution < -0.4 is 9.47 Å². The van der Waals surface area contributed by atoms with E-state index in [1.165, 1.54) is 0 Å². The number of carbonyl (C=O) groups excluding carboxylic acids is 3. The maximum atomic E-state index is 15.0. The number of fused-ring (bicyclic) bond motifs is 1. The molecule has 13 heteroatoms. The van der Waals surface area contributed by atoms with Crippen molar-refractivity contribution < 1.29 is 52.6 Å². The number of hydrogen-bond acceptors (Lipinski definition) is 12. The number of ketones is 1. The molecule has 0 radical (unpaired) electrons. The largest absolute Gasteiger partial charge is 0.485 e. The number of amides is 1. The Morgan fingerprint density at radius 3 is 2.08 bits per heavy atom. The molecule has 3 aromatic carbocycles. The fourth-order valence-electron chi connectivity index (χ4n) is 10.3. The summed E-state index contributed by atoms with van der Waals surface area (Å²) in [7, 11) is 5.41. The normalized spacial score (nSPS) is 33.0. The molecular formula is C53H72N2O11. The third-order valence-electron chi connectivity index (χ3n) is 13.9. The van der Waals surface area contributed by atoms with Gasteiger partial charge in [-0.2, -0.15) is 0 Å². The number of carbonyl (C=O) groups is 3. The Morgan fingerprint density at radius 2 is 1.48 bits per heavy atom. The van der Waals surface area contributed by atoms with Gasteiger partial charge in [0.25, 0.3) is 0 Å². The Balaban J connectivity index is 1.30. The SMILES string of the molecule is CC[C@H]1OC(=O)/C(C)=C/[C@H](C)[C@@H](O[C@@H]2O[C@H](C)C[C@H](N(C)C)[C@H]2O)[C@](C)(OC)C[C@@H](C)C(=O)[C@H](C)[C@H]2N(CCc3ccc(OCc4ccccc4)c(OCc4ccccc4)c3)C(=O)O[C@]12C. The lowest BCUT2D eigenvalue weighted by atomic mass is 9.74. The first-order valence-electron chi connectivity index (χ1n) is 23.5. The average molecular weight is 913 g/mol. The Bertz CT molecular complexity index is 2130. The Morgan fingerprint density at radius 1 is 0.864 bits per heavy atom. The van der Waals surface area contributed by atoms with Crippen molar-refractivity contribution in [1.82, 2.24) is 9.80 Å². The molecule has 3 heterocycles. The summed E-state index contributed by atoms with van der Waals surface area (Å²) >= 11 is 0. The standard InChI is InChI=1S/C53H72N2O11/c1-12-44-53(8)47(55(51(59)66-53)26-25-38-23-24-42(61-31-39-19-15-13-16-20-39)43(29-38)62-32-40-21-17-14-18-22-40)37(6)45(56)35(4)30-52(7,60-11)48(33(2)27-34(3)49(58)64-44)65-50-46(57)41(54(9)10)28-36(5)63-50/h13-24,27,29,33,35-37,41,44,46-48,50,57H,12,25-26,28,30-32H2,1-11H3/b34-27+/t33-,35+,36+,37-,41-,44+,46+,47+,48+,50-,52+,53+/m0/s1. The van der Waals surface area contributed by atoms with Crippen molar-refractivity contribution in [3.8, 4) is 11.5 Å². The molecule has 0 spiro atoms. The Hall–Kier alpha value is -4.79. The highest BCUT2D eigenvalue weighted by Gasteiger charge is 2.60. The summed E-state index contributed by atoms with van der Waals surface area (Å²) in [4.78, 5) is 46.9. The van der Waals surface area contributed by atoms with Crippen molar-refractivity contribution in [2.45, 2.75) is 148 Å². The topological polar surface area (TPSA) is 143 Å². The minimum Gasteiger partial charge on any atom is -0.485 e. The number of aliphatic hydroxyl groups is 1. The second-order valence-electron chi connectivity index (χ2n) is 19.2. The van der Waals surface area contributed by atoms with Crippen LogP contribution in [-0.4, -0.2) is 114 Å². The van der Waals surface area contributed by atoms with Gasteiger partial charge < -0.3 is 43.2 Å². The van der Waals surface area contributed by atoms with Gasteiger partial charge in [0, 0.05) is 43.0 Å². The van der Waals surface area contributed by atoms with Crippen molar-refractivity contribution in [3.05, 3.63) is 107 Å². The first-order chi connectivity index (χ1) is 31.4. The molecule has 0 aliphatic carbocycles. The van der Waals surface area contributed by atoms with Crippen molar-refractivity contribution in [2.75, 3.05) is 27.7 Å². The van der Waals surface area contributed by atoms with Crippen LogP contribution in [0.25, 0.3) is 0 Å². The molecule has 13 nitrogen and oxygen atoms in total. The van der Waals surface area contributed by atoms with Gasteiger partial charge in [-0.25, -0.2) is 9.59 Å². The molecule has 2 saturated heterocycles. The number of nitrogens with zero attached hydrogens (tertiary/aromatic N) is 2. The number of rotatable bonds is 14. The summed E-state index contributed by atoms with van der Waals surface area (Å²) in [5, 5.41) is 11.5. The van der Waals surface area contributed by atoms with Crippen molar-refractivity contribution in [1.29, 1.82) is 0 Å². The van der Waals surface area contributed by atoms with Crippen molar-refractivity contribution in [2.24, 2.45) is 17.8 Å². The third kappa shape index (κ3) is 11.5. The van der Waals surface area contributed by atoms with Crippen LogP contribution in [0.4, 0.5) is 4.79 Å². The zero-order valence-corrected chi connectivity index (χ0v) is 40.7. The smallest absolute Gasteiger partial charge is 0.410 e.